The number of aromatic nitrogens is 3. The minimum atomic E-state index is -0.352. The number of ether oxygens (including phenoxy) is 3. The third-order valence-corrected chi connectivity index (χ3v) is 4.84. The van der Waals surface area contributed by atoms with Crippen molar-refractivity contribution in [2.75, 3.05) is 26.6 Å². The van der Waals surface area contributed by atoms with Crippen molar-refractivity contribution in [2.24, 2.45) is 0 Å². The summed E-state index contributed by atoms with van der Waals surface area (Å²) in [5.41, 5.74) is 1.67. The van der Waals surface area contributed by atoms with Crippen LogP contribution in [0.2, 0.25) is 0 Å². The highest BCUT2D eigenvalue weighted by Gasteiger charge is 2.17. The van der Waals surface area contributed by atoms with E-state index in [4.69, 9.17) is 18.7 Å². The van der Waals surface area contributed by atoms with Gasteiger partial charge in [0.1, 0.15) is 18.1 Å². The van der Waals surface area contributed by atoms with E-state index in [1.807, 2.05) is 0 Å². The summed E-state index contributed by atoms with van der Waals surface area (Å²) in [5.74, 6) is 1.19. The average Bonchev–Trinajstić information content (AvgIpc) is 3.48. The fourth-order valence-corrected chi connectivity index (χ4v) is 3.30. The maximum atomic E-state index is 13.2. The van der Waals surface area contributed by atoms with Crippen molar-refractivity contribution in [3.05, 3.63) is 60.5 Å². The SMILES string of the molecule is COc1cc(NC(=O)Cn2cccc2-c2nc(-c3ccc(F)cc3)no2)cc(OC)c1OC. The Morgan fingerprint density at radius 1 is 1.06 bits per heavy atom. The summed E-state index contributed by atoms with van der Waals surface area (Å²) in [4.78, 5) is 17.1. The van der Waals surface area contributed by atoms with Crippen molar-refractivity contribution in [3.8, 4) is 40.2 Å². The number of nitrogens with zero attached hydrogens (tertiary/aromatic N) is 3. The van der Waals surface area contributed by atoms with Crippen LogP contribution in [0, 0.1) is 5.82 Å². The molecule has 0 bridgehead atoms. The standard InChI is InChI=1S/C23H21FN4O5/c1-30-18-11-16(12-19(31-2)21(18)32-3)25-20(29)13-28-10-4-5-17(28)23-26-22(27-33-23)14-6-8-15(24)9-7-14/h4-12H,13H2,1-3H3,(H,25,29). The molecule has 0 saturated carbocycles. The van der Waals surface area contributed by atoms with Gasteiger partial charge in [0.05, 0.1) is 21.3 Å². The van der Waals surface area contributed by atoms with Crippen molar-refractivity contribution >= 4 is 11.6 Å². The van der Waals surface area contributed by atoms with E-state index < -0.39 is 0 Å². The van der Waals surface area contributed by atoms with Crippen molar-refractivity contribution in [1.82, 2.24) is 14.7 Å². The fraction of sp³-hybridized carbons (Fsp3) is 0.174. The van der Waals surface area contributed by atoms with Gasteiger partial charge in [-0.2, -0.15) is 4.98 Å². The number of methoxy groups -OCH3 is 3. The molecule has 1 amide bonds. The number of nitrogens with one attached hydrogen (secondary N) is 1. The molecule has 0 aliphatic heterocycles. The summed E-state index contributed by atoms with van der Waals surface area (Å²) in [5, 5.41) is 6.77. The van der Waals surface area contributed by atoms with Crippen LogP contribution in [-0.2, 0) is 11.3 Å². The second-order valence-electron chi connectivity index (χ2n) is 6.91. The topological polar surface area (TPSA) is 101 Å². The lowest BCUT2D eigenvalue weighted by molar-refractivity contribution is -0.116. The van der Waals surface area contributed by atoms with Crippen molar-refractivity contribution < 1.29 is 27.9 Å². The maximum Gasteiger partial charge on any atom is 0.274 e. The first-order valence-corrected chi connectivity index (χ1v) is 9.87. The number of benzene rings is 2. The van der Waals surface area contributed by atoms with Gasteiger partial charge in [-0.15, -0.1) is 0 Å². The Kier molecular flexibility index (Phi) is 6.25. The van der Waals surface area contributed by atoms with E-state index in [0.717, 1.165) is 0 Å². The maximum absolute atomic E-state index is 13.2. The number of hydrogen-bond acceptors (Lipinski definition) is 7. The van der Waals surface area contributed by atoms with Crippen molar-refractivity contribution in [1.29, 1.82) is 0 Å². The number of carbonyl (C=O) groups is 1. The Balaban J connectivity index is 1.51. The van der Waals surface area contributed by atoms with Crippen LogP contribution in [0.1, 0.15) is 0 Å². The van der Waals surface area contributed by atoms with E-state index in [2.05, 4.69) is 15.5 Å². The molecule has 170 valence electrons. The Morgan fingerprint density at radius 2 is 1.76 bits per heavy atom. The fourth-order valence-electron chi connectivity index (χ4n) is 3.30. The zero-order valence-electron chi connectivity index (χ0n) is 18.2. The molecular weight excluding hydrogens is 431 g/mol. The van der Waals surface area contributed by atoms with Crippen LogP contribution in [0.5, 0.6) is 17.2 Å². The van der Waals surface area contributed by atoms with Crippen LogP contribution in [0.3, 0.4) is 0 Å². The van der Waals surface area contributed by atoms with E-state index in [0.29, 0.717) is 40.0 Å². The number of hydrogen-bond donors (Lipinski definition) is 1. The third kappa shape index (κ3) is 4.64. The van der Waals surface area contributed by atoms with Gasteiger partial charge in [0.15, 0.2) is 11.5 Å². The Hall–Kier alpha value is -4.34. The number of amides is 1. The van der Waals surface area contributed by atoms with E-state index in [-0.39, 0.29) is 24.2 Å². The molecule has 4 rings (SSSR count). The highest BCUT2D eigenvalue weighted by atomic mass is 19.1. The quantitative estimate of drug-likeness (QED) is 0.431. The number of carbonyl (C=O) groups excluding carboxylic acids is 1. The summed E-state index contributed by atoms with van der Waals surface area (Å²) < 4.78 is 36.1. The highest BCUT2D eigenvalue weighted by molar-refractivity contribution is 5.91. The first-order chi connectivity index (χ1) is 16.0. The van der Waals surface area contributed by atoms with Gasteiger partial charge in [-0.05, 0) is 36.4 Å². The second kappa shape index (κ2) is 9.43. The Labute approximate surface area is 188 Å². The molecule has 4 aromatic rings. The minimum Gasteiger partial charge on any atom is -0.493 e. The molecule has 0 saturated heterocycles. The summed E-state index contributed by atoms with van der Waals surface area (Å²) in [7, 11) is 4.50. The molecule has 0 aliphatic rings. The Bertz CT molecular complexity index is 1240. The van der Waals surface area contributed by atoms with Crippen molar-refractivity contribution in [2.45, 2.75) is 6.54 Å². The molecule has 33 heavy (non-hydrogen) atoms. The first-order valence-electron chi connectivity index (χ1n) is 9.87. The molecule has 0 aliphatic carbocycles. The summed E-state index contributed by atoms with van der Waals surface area (Å²) >= 11 is 0. The predicted octanol–water partition coefficient (Wildman–Crippen LogP) is 4.01. The average molecular weight is 452 g/mol. The van der Waals surface area contributed by atoms with Gasteiger partial charge in [-0.25, -0.2) is 4.39 Å². The molecule has 2 heterocycles. The van der Waals surface area contributed by atoms with E-state index in [9.17, 15) is 9.18 Å². The van der Waals surface area contributed by atoms with Gasteiger partial charge in [-0.1, -0.05) is 5.16 Å². The largest absolute Gasteiger partial charge is 0.493 e. The lowest BCUT2D eigenvalue weighted by Crippen LogP contribution is -2.19. The van der Waals surface area contributed by atoms with Gasteiger partial charge in [0.2, 0.25) is 17.5 Å². The monoisotopic (exact) mass is 452 g/mol. The van der Waals surface area contributed by atoms with Crippen LogP contribution < -0.4 is 19.5 Å². The van der Waals surface area contributed by atoms with Crippen LogP contribution in [0.25, 0.3) is 23.0 Å². The smallest absolute Gasteiger partial charge is 0.274 e. The van der Waals surface area contributed by atoms with Crippen LogP contribution in [0.4, 0.5) is 10.1 Å². The second-order valence-corrected chi connectivity index (χ2v) is 6.91. The van der Waals surface area contributed by atoms with Crippen LogP contribution >= 0.6 is 0 Å². The number of anilines is 1. The summed E-state index contributed by atoms with van der Waals surface area (Å²) in [6, 6.07) is 12.6. The lowest BCUT2D eigenvalue weighted by Gasteiger charge is -2.15. The van der Waals surface area contributed by atoms with Crippen LogP contribution in [-0.4, -0.2) is 41.9 Å². The highest BCUT2D eigenvalue weighted by Crippen LogP contribution is 2.40. The van der Waals surface area contributed by atoms with Crippen molar-refractivity contribution in [3.63, 3.8) is 0 Å². The molecule has 0 radical (unpaired) electrons. The van der Waals surface area contributed by atoms with E-state index >= 15 is 0 Å². The van der Waals surface area contributed by atoms with E-state index in [1.54, 1.807) is 47.2 Å². The third-order valence-electron chi connectivity index (χ3n) is 4.84. The molecule has 9 nitrogen and oxygen atoms in total. The zero-order valence-corrected chi connectivity index (χ0v) is 18.2. The first kappa shape index (κ1) is 21.9. The van der Waals surface area contributed by atoms with Crippen LogP contribution in [0.15, 0.2) is 59.3 Å². The molecule has 10 heteroatoms. The predicted molar refractivity (Wildman–Crippen MR) is 118 cm³/mol. The van der Waals surface area contributed by atoms with Gasteiger partial charge >= 0.3 is 0 Å². The molecule has 0 fully saturated rings. The lowest BCUT2D eigenvalue weighted by atomic mass is 10.2. The number of halogens is 1. The molecular formula is C23H21FN4O5. The molecule has 2 aromatic heterocycles. The molecule has 0 spiro atoms. The van der Waals surface area contributed by atoms with Gasteiger partial charge in [0.25, 0.3) is 5.89 Å². The molecule has 0 atom stereocenters. The van der Waals surface area contributed by atoms with Gasteiger partial charge in [0, 0.05) is 29.6 Å². The van der Waals surface area contributed by atoms with E-state index in [1.165, 1.54) is 33.5 Å². The number of rotatable bonds is 8. The van der Waals surface area contributed by atoms with Gasteiger partial charge < -0.3 is 28.6 Å². The Morgan fingerprint density at radius 3 is 2.39 bits per heavy atom. The summed E-state index contributed by atoms with van der Waals surface area (Å²) in [6.07, 6.45) is 1.73. The molecule has 0 unspecified atom stereocenters. The normalized spacial score (nSPS) is 10.7. The molecule has 1 N–H and O–H groups in total. The minimum absolute atomic E-state index is 0.00669. The van der Waals surface area contributed by atoms with Gasteiger partial charge in [-0.3, -0.25) is 4.79 Å². The summed E-state index contributed by atoms with van der Waals surface area (Å²) in [6.45, 7) is -0.00669. The molecule has 2 aromatic carbocycles. The zero-order chi connectivity index (χ0) is 23.4.